The SMILES string of the molecule is CC(=O)COCc1nnn(C(C)OC(=O)O)n1. The van der Waals surface area contributed by atoms with Crippen LogP contribution in [0.2, 0.25) is 0 Å². The van der Waals surface area contributed by atoms with Gasteiger partial charge >= 0.3 is 6.16 Å². The minimum Gasteiger partial charge on any atom is -0.450 e. The minimum atomic E-state index is -1.43. The smallest absolute Gasteiger partial charge is 0.450 e. The highest BCUT2D eigenvalue weighted by atomic mass is 16.7. The second-order valence-corrected chi connectivity index (χ2v) is 3.20. The Morgan fingerprint density at radius 1 is 1.53 bits per heavy atom. The van der Waals surface area contributed by atoms with Crippen LogP contribution < -0.4 is 0 Å². The topological polar surface area (TPSA) is 116 Å². The summed E-state index contributed by atoms with van der Waals surface area (Å²) in [5, 5.41) is 19.4. The average Bonchev–Trinajstić information content (AvgIpc) is 2.64. The van der Waals surface area contributed by atoms with Crippen LogP contribution in [0.3, 0.4) is 0 Å². The molecule has 1 aromatic rings. The van der Waals surface area contributed by atoms with Gasteiger partial charge in [0.1, 0.15) is 13.2 Å². The molecule has 0 aromatic carbocycles. The Labute approximate surface area is 96.3 Å². The van der Waals surface area contributed by atoms with Crippen LogP contribution in [0.4, 0.5) is 4.79 Å². The third kappa shape index (κ3) is 4.55. The van der Waals surface area contributed by atoms with Gasteiger partial charge in [-0.15, -0.1) is 15.0 Å². The molecule has 0 aliphatic carbocycles. The lowest BCUT2D eigenvalue weighted by Gasteiger charge is -2.07. The second kappa shape index (κ2) is 5.89. The summed E-state index contributed by atoms with van der Waals surface area (Å²) < 4.78 is 9.38. The molecule has 1 unspecified atom stereocenters. The van der Waals surface area contributed by atoms with Crippen LogP contribution in [0, 0.1) is 0 Å². The number of ketones is 1. The van der Waals surface area contributed by atoms with E-state index in [1.165, 1.54) is 13.8 Å². The van der Waals surface area contributed by atoms with Gasteiger partial charge in [-0.25, -0.2) is 4.79 Å². The van der Waals surface area contributed by atoms with Crippen LogP contribution in [0.25, 0.3) is 0 Å². The molecule has 0 aliphatic heterocycles. The third-order valence-corrected chi connectivity index (χ3v) is 1.60. The molecule has 0 saturated heterocycles. The molecule has 1 atom stereocenters. The predicted molar refractivity (Wildman–Crippen MR) is 52.0 cm³/mol. The van der Waals surface area contributed by atoms with Crippen molar-refractivity contribution in [2.24, 2.45) is 0 Å². The molecule has 0 radical (unpaired) electrons. The first-order chi connectivity index (χ1) is 7.99. The van der Waals surface area contributed by atoms with Crippen molar-refractivity contribution < 1.29 is 24.2 Å². The zero-order valence-corrected chi connectivity index (χ0v) is 9.36. The molecule has 0 saturated carbocycles. The van der Waals surface area contributed by atoms with Crippen molar-refractivity contribution in [3.05, 3.63) is 5.82 Å². The number of carbonyl (C=O) groups excluding carboxylic acids is 1. The molecule has 1 aromatic heterocycles. The molecule has 17 heavy (non-hydrogen) atoms. The summed E-state index contributed by atoms with van der Waals surface area (Å²) in [5.74, 6) is 0.132. The van der Waals surface area contributed by atoms with Crippen LogP contribution in [-0.2, 0) is 20.9 Å². The van der Waals surface area contributed by atoms with E-state index in [9.17, 15) is 9.59 Å². The van der Waals surface area contributed by atoms with Gasteiger partial charge in [0.05, 0.1) is 0 Å². The second-order valence-electron chi connectivity index (χ2n) is 3.20. The molecule has 0 spiro atoms. The maximum absolute atomic E-state index is 10.6. The van der Waals surface area contributed by atoms with Gasteiger partial charge in [0.2, 0.25) is 12.1 Å². The quantitative estimate of drug-likeness (QED) is 0.694. The van der Waals surface area contributed by atoms with E-state index >= 15 is 0 Å². The summed E-state index contributed by atoms with van der Waals surface area (Å²) in [6.07, 6.45) is -2.30. The highest BCUT2D eigenvalue weighted by Crippen LogP contribution is 2.03. The van der Waals surface area contributed by atoms with E-state index in [0.29, 0.717) is 0 Å². The monoisotopic (exact) mass is 244 g/mol. The number of hydrogen-bond acceptors (Lipinski definition) is 7. The van der Waals surface area contributed by atoms with E-state index < -0.39 is 12.4 Å². The van der Waals surface area contributed by atoms with Crippen molar-refractivity contribution in [3.63, 3.8) is 0 Å². The summed E-state index contributed by atoms with van der Waals surface area (Å²) in [4.78, 5) is 21.9. The van der Waals surface area contributed by atoms with E-state index in [0.717, 1.165) is 4.80 Å². The van der Waals surface area contributed by atoms with Gasteiger partial charge in [-0.05, 0) is 19.1 Å². The fourth-order valence-corrected chi connectivity index (χ4v) is 0.947. The first-order valence-electron chi connectivity index (χ1n) is 4.74. The molecule has 1 rings (SSSR count). The Morgan fingerprint density at radius 2 is 2.24 bits per heavy atom. The zero-order chi connectivity index (χ0) is 12.8. The Balaban J connectivity index is 2.47. The van der Waals surface area contributed by atoms with Gasteiger partial charge < -0.3 is 14.6 Å². The molecular weight excluding hydrogens is 232 g/mol. The van der Waals surface area contributed by atoms with Crippen LogP contribution >= 0.6 is 0 Å². The first kappa shape index (κ1) is 13.0. The lowest BCUT2D eigenvalue weighted by atomic mass is 10.5. The molecular formula is C8H12N4O5. The van der Waals surface area contributed by atoms with Gasteiger partial charge in [0, 0.05) is 0 Å². The van der Waals surface area contributed by atoms with Crippen molar-refractivity contribution in [2.45, 2.75) is 26.7 Å². The molecule has 0 aliphatic rings. The minimum absolute atomic E-state index is 0.0272. The fourth-order valence-electron chi connectivity index (χ4n) is 0.947. The number of carbonyl (C=O) groups is 2. The number of tetrazole rings is 1. The average molecular weight is 244 g/mol. The van der Waals surface area contributed by atoms with Crippen LogP contribution in [-0.4, -0.2) is 43.9 Å². The number of aromatic nitrogens is 4. The first-order valence-corrected chi connectivity index (χ1v) is 4.74. The van der Waals surface area contributed by atoms with E-state index in [1.807, 2.05) is 0 Å². The zero-order valence-electron chi connectivity index (χ0n) is 9.36. The van der Waals surface area contributed by atoms with Crippen molar-refractivity contribution in [2.75, 3.05) is 6.61 Å². The van der Waals surface area contributed by atoms with Crippen molar-refractivity contribution in [1.82, 2.24) is 20.2 Å². The number of hydrogen-bond donors (Lipinski definition) is 1. The molecule has 94 valence electrons. The molecule has 0 amide bonds. The normalized spacial score (nSPS) is 12.1. The molecule has 1 N–H and O–H groups in total. The highest BCUT2D eigenvalue weighted by molar-refractivity contribution is 5.76. The van der Waals surface area contributed by atoms with Crippen molar-refractivity contribution >= 4 is 11.9 Å². The molecule has 0 fully saturated rings. The summed E-state index contributed by atoms with van der Waals surface area (Å²) in [6.45, 7) is 2.85. The number of rotatable bonds is 6. The van der Waals surface area contributed by atoms with Crippen molar-refractivity contribution in [3.8, 4) is 0 Å². The number of carboxylic acid groups (broad SMARTS) is 1. The molecule has 1 heterocycles. The van der Waals surface area contributed by atoms with E-state index in [-0.39, 0.29) is 24.8 Å². The van der Waals surface area contributed by atoms with Gasteiger partial charge in [-0.2, -0.15) is 0 Å². The Bertz CT molecular complexity index is 404. The summed E-state index contributed by atoms with van der Waals surface area (Å²) in [5.41, 5.74) is 0. The highest BCUT2D eigenvalue weighted by Gasteiger charge is 2.13. The van der Waals surface area contributed by atoms with Gasteiger partial charge in [0.25, 0.3) is 0 Å². The summed E-state index contributed by atoms with van der Waals surface area (Å²) >= 11 is 0. The van der Waals surface area contributed by atoms with Gasteiger partial charge in [-0.3, -0.25) is 4.79 Å². The van der Waals surface area contributed by atoms with Crippen LogP contribution in [0.5, 0.6) is 0 Å². The van der Waals surface area contributed by atoms with Crippen molar-refractivity contribution in [1.29, 1.82) is 0 Å². The Kier molecular flexibility index (Phi) is 4.52. The maximum Gasteiger partial charge on any atom is 0.507 e. The van der Waals surface area contributed by atoms with E-state index in [2.05, 4.69) is 20.1 Å². The summed E-state index contributed by atoms with van der Waals surface area (Å²) in [7, 11) is 0. The largest absolute Gasteiger partial charge is 0.507 e. The van der Waals surface area contributed by atoms with Gasteiger partial charge in [0.15, 0.2) is 5.78 Å². The summed E-state index contributed by atoms with van der Waals surface area (Å²) in [6, 6.07) is 0. The Morgan fingerprint density at radius 3 is 2.82 bits per heavy atom. The molecule has 9 heteroatoms. The number of nitrogens with zero attached hydrogens (tertiary/aromatic N) is 4. The van der Waals surface area contributed by atoms with Crippen LogP contribution in [0.15, 0.2) is 0 Å². The Hall–Kier alpha value is -2.03. The molecule has 0 bridgehead atoms. The standard InChI is InChI=1S/C8H12N4O5/c1-5(13)3-16-4-7-9-11-12(10-7)6(2)17-8(14)15/h6H,3-4H2,1-2H3,(H,14,15). The van der Waals surface area contributed by atoms with Gasteiger partial charge in [-0.1, -0.05) is 0 Å². The fraction of sp³-hybridized carbons (Fsp3) is 0.625. The lowest BCUT2D eigenvalue weighted by Crippen LogP contribution is -2.16. The molecule has 9 nitrogen and oxygen atoms in total. The number of ether oxygens (including phenoxy) is 2. The number of Topliss-reactive ketones (excluding diaryl/α,β-unsaturated/α-hetero) is 1. The van der Waals surface area contributed by atoms with E-state index in [1.54, 1.807) is 0 Å². The maximum atomic E-state index is 10.6. The van der Waals surface area contributed by atoms with Crippen LogP contribution in [0.1, 0.15) is 25.9 Å². The lowest BCUT2D eigenvalue weighted by molar-refractivity contribution is -0.121. The predicted octanol–water partition coefficient (Wildman–Crippen LogP) is -0.00820. The van der Waals surface area contributed by atoms with E-state index in [4.69, 9.17) is 9.84 Å². The third-order valence-electron chi connectivity index (χ3n) is 1.60.